The van der Waals surface area contributed by atoms with Crippen molar-refractivity contribution in [1.29, 1.82) is 0 Å². The van der Waals surface area contributed by atoms with E-state index >= 15 is 0 Å². The molecular formula is C24H22Cl2N2O7S2. The first-order chi connectivity index (χ1) is 17.6. The van der Waals surface area contributed by atoms with E-state index in [-0.39, 0.29) is 26.5 Å². The van der Waals surface area contributed by atoms with E-state index in [2.05, 4.69) is 10.3 Å². The topological polar surface area (TPSA) is 132 Å². The highest BCUT2D eigenvalue weighted by Gasteiger charge is 2.30. The van der Waals surface area contributed by atoms with Crippen LogP contribution in [0.2, 0.25) is 9.36 Å². The van der Waals surface area contributed by atoms with E-state index in [1.54, 1.807) is 24.3 Å². The fraction of sp³-hybridized carbons (Fsp3) is 0.292. The van der Waals surface area contributed by atoms with Crippen LogP contribution in [0.3, 0.4) is 0 Å². The van der Waals surface area contributed by atoms with E-state index in [9.17, 15) is 18.0 Å². The van der Waals surface area contributed by atoms with Gasteiger partial charge in [0, 0.05) is 23.8 Å². The number of rotatable bonds is 9. The van der Waals surface area contributed by atoms with Crippen molar-refractivity contribution in [3.8, 4) is 5.75 Å². The molecule has 0 bridgehead atoms. The zero-order chi connectivity index (χ0) is 26.6. The van der Waals surface area contributed by atoms with Crippen molar-refractivity contribution in [1.82, 2.24) is 4.98 Å². The number of ether oxygens (including phenoxy) is 2. The van der Waals surface area contributed by atoms with Crippen molar-refractivity contribution in [2.75, 3.05) is 18.5 Å². The van der Waals surface area contributed by atoms with Crippen LogP contribution in [-0.4, -0.2) is 48.8 Å². The predicted octanol–water partition coefficient (Wildman–Crippen LogP) is 4.79. The molecule has 0 radical (unpaired) electrons. The Kier molecular flexibility index (Phi) is 8.71. The standard InChI is InChI=1S/C24H22Cl2N2O7S2/c25-15-3-5-16(6-4-15)35-21(23(31)28-24-27-19(13-20(29)30)22(26)36-24)14-1-7-17(8-2-14)37(32,33)18-9-11-34-12-10-18/h1-8,18,21H,9-13H2,(H,29,30)(H,27,28,31). The Labute approximate surface area is 227 Å². The smallest absolute Gasteiger partial charge is 0.309 e. The van der Waals surface area contributed by atoms with Gasteiger partial charge < -0.3 is 14.6 Å². The van der Waals surface area contributed by atoms with E-state index < -0.39 is 33.1 Å². The first-order valence-corrected chi connectivity index (χ1v) is 14.3. The average molecular weight is 585 g/mol. The lowest BCUT2D eigenvalue weighted by Gasteiger charge is -2.23. The van der Waals surface area contributed by atoms with Gasteiger partial charge in [-0.15, -0.1) is 0 Å². The summed E-state index contributed by atoms with van der Waals surface area (Å²) in [6.07, 6.45) is -0.727. The van der Waals surface area contributed by atoms with E-state index in [0.29, 0.717) is 42.4 Å². The highest BCUT2D eigenvalue weighted by Crippen LogP contribution is 2.31. The van der Waals surface area contributed by atoms with Gasteiger partial charge in [0.1, 0.15) is 10.1 Å². The number of halogens is 2. The van der Waals surface area contributed by atoms with Crippen LogP contribution >= 0.6 is 34.5 Å². The number of carbonyl (C=O) groups is 2. The van der Waals surface area contributed by atoms with Gasteiger partial charge in [-0.05, 0) is 49.2 Å². The number of nitrogens with one attached hydrogen (secondary N) is 1. The van der Waals surface area contributed by atoms with Crippen LogP contribution in [0.15, 0.2) is 53.4 Å². The van der Waals surface area contributed by atoms with Crippen LogP contribution in [0.1, 0.15) is 30.2 Å². The van der Waals surface area contributed by atoms with Gasteiger partial charge in [0.2, 0.25) is 6.10 Å². The van der Waals surface area contributed by atoms with Crippen molar-refractivity contribution in [3.63, 3.8) is 0 Å². The molecule has 1 aromatic heterocycles. The molecule has 1 fully saturated rings. The molecule has 4 rings (SSSR count). The number of amides is 1. The summed E-state index contributed by atoms with van der Waals surface area (Å²) in [6, 6.07) is 12.4. The highest BCUT2D eigenvalue weighted by molar-refractivity contribution is 7.92. The monoisotopic (exact) mass is 584 g/mol. The minimum absolute atomic E-state index is 0.106. The molecule has 2 heterocycles. The first-order valence-electron chi connectivity index (χ1n) is 11.1. The van der Waals surface area contributed by atoms with Gasteiger partial charge in [0.05, 0.1) is 22.3 Å². The number of aliphatic carboxylic acids is 1. The summed E-state index contributed by atoms with van der Waals surface area (Å²) in [5.41, 5.74) is 0.527. The van der Waals surface area contributed by atoms with Crippen molar-refractivity contribution in [2.45, 2.75) is 35.5 Å². The van der Waals surface area contributed by atoms with Crippen LogP contribution in [0, 0.1) is 0 Å². The molecule has 1 atom stereocenters. The van der Waals surface area contributed by atoms with Crippen molar-refractivity contribution in [2.24, 2.45) is 0 Å². The normalized spacial score (nSPS) is 15.2. The maximum Gasteiger partial charge on any atom is 0.309 e. The molecule has 3 aromatic rings. The van der Waals surface area contributed by atoms with Crippen LogP contribution in [0.25, 0.3) is 0 Å². The second-order valence-corrected chi connectivity index (χ2v) is 12.4. The van der Waals surface area contributed by atoms with Crippen LogP contribution in [0.4, 0.5) is 5.13 Å². The van der Waals surface area contributed by atoms with E-state index in [1.807, 2.05) is 0 Å². The maximum absolute atomic E-state index is 13.3. The highest BCUT2D eigenvalue weighted by atomic mass is 35.5. The molecule has 37 heavy (non-hydrogen) atoms. The van der Waals surface area contributed by atoms with E-state index in [4.69, 9.17) is 37.8 Å². The number of carboxylic acids is 1. The van der Waals surface area contributed by atoms with Crippen LogP contribution in [0.5, 0.6) is 5.75 Å². The number of hydrogen-bond donors (Lipinski definition) is 2. The number of carboxylic acid groups (broad SMARTS) is 1. The number of thiazole rings is 1. The van der Waals surface area contributed by atoms with Gasteiger partial charge in [-0.3, -0.25) is 14.9 Å². The molecule has 13 heteroatoms. The summed E-state index contributed by atoms with van der Waals surface area (Å²) in [6.45, 7) is 0.794. The third-order valence-electron chi connectivity index (χ3n) is 5.62. The number of aromatic nitrogens is 1. The number of hydrogen-bond acceptors (Lipinski definition) is 8. The first kappa shape index (κ1) is 27.3. The fourth-order valence-corrected chi connectivity index (χ4v) is 6.62. The third kappa shape index (κ3) is 6.79. The van der Waals surface area contributed by atoms with Crippen LogP contribution < -0.4 is 10.1 Å². The number of carbonyl (C=O) groups excluding carboxylic acids is 1. The van der Waals surface area contributed by atoms with Gasteiger partial charge >= 0.3 is 5.97 Å². The molecule has 1 aliphatic heterocycles. The minimum Gasteiger partial charge on any atom is -0.481 e. The third-order valence-corrected chi connectivity index (χ3v) is 9.40. The van der Waals surface area contributed by atoms with Crippen molar-refractivity contribution < 1.29 is 32.6 Å². The SMILES string of the molecule is O=C(O)Cc1nc(NC(=O)C(Oc2ccc(Cl)cc2)c2ccc(S(=O)(=O)C3CCOCC3)cc2)sc1Cl. The zero-order valence-electron chi connectivity index (χ0n) is 19.2. The number of sulfone groups is 1. The molecule has 1 saturated heterocycles. The van der Waals surface area contributed by atoms with E-state index in [1.165, 1.54) is 24.3 Å². The Morgan fingerprint density at radius 3 is 2.38 bits per heavy atom. The lowest BCUT2D eigenvalue weighted by Crippen LogP contribution is -2.29. The summed E-state index contributed by atoms with van der Waals surface area (Å²) in [7, 11) is -3.56. The molecule has 0 spiro atoms. The maximum atomic E-state index is 13.3. The van der Waals surface area contributed by atoms with E-state index in [0.717, 1.165) is 11.3 Å². The molecule has 2 N–H and O–H groups in total. The van der Waals surface area contributed by atoms with Gasteiger partial charge in [-0.25, -0.2) is 13.4 Å². The summed E-state index contributed by atoms with van der Waals surface area (Å²) in [4.78, 5) is 28.5. The van der Waals surface area contributed by atoms with Crippen molar-refractivity contribution in [3.05, 3.63) is 69.1 Å². The summed E-state index contributed by atoms with van der Waals surface area (Å²) in [5, 5.41) is 11.7. The van der Waals surface area contributed by atoms with Gasteiger partial charge in [0.25, 0.3) is 5.91 Å². The fourth-order valence-electron chi connectivity index (χ4n) is 3.74. The Balaban J connectivity index is 1.60. The number of nitrogens with zero attached hydrogens (tertiary/aromatic N) is 1. The summed E-state index contributed by atoms with van der Waals surface area (Å²) < 4.78 is 37.4. The summed E-state index contributed by atoms with van der Waals surface area (Å²) in [5.74, 6) is -1.36. The Morgan fingerprint density at radius 1 is 1.11 bits per heavy atom. The second-order valence-electron chi connectivity index (χ2n) is 8.18. The molecular weight excluding hydrogens is 563 g/mol. The molecule has 1 unspecified atom stereocenters. The minimum atomic E-state index is -3.56. The molecule has 196 valence electrons. The van der Waals surface area contributed by atoms with Crippen LogP contribution in [-0.2, 0) is 30.6 Å². The van der Waals surface area contributed by atoms with Gasteiger partial charge in [0.15, 0.2) is 15.0 Å². The lowest BCUT2D eigenvalue weighted by atomic mass is 10.1. The number of benzene rings is 2. The lowest BCUT2D eigenvalue weighted by molar-refractivity contribution is -0.136. The van der Waals surface area contributed by atoms with Gasteiger partial charge in [-0.2, -0.15) is 0 Å². The Bertz CT molecular complexity index is 1370. The number of anilines is 1. The largest absolute Gasteiger partial charge is 0.481 e. The second kappa shape index (κ2) is 11.8. The van der Waals surface area contributed by atoms with Crippen molar-refractivity contribution >= 4 is 61.4 Å². The molecule has 1 aliphatic rings. The average Bonchev–Trinajstić information content (AvgIpc) is 3.21. The molecule has 9 nitrogen and oxygen atoms in total. The Morgan fingerprint density at radius 2 is 1.76 bits per heavy atom. The van der Waals surface area contributed by atoms with Gasteiger partial charge in [-0.1, -0.05) is 46.7 Å². The predicted molar refractivity (Wildman–Crippen MR) is 139 cm³/mol. The summed E-state index contributed by atoms with van der Waals surface area (Å²) >= 11 is 12.9. The molecule has 0 aliphatic carbocycles. The molecule has 0 saturated carbocycles. The quantitative estimate of drug-likeness (QED) is 0.367. The molecule has 2 aromatic carbocycles. The molecule has 1 amide bonds. The zero-order valence-corrected chi connectivity index (χ0v) is 22.4. The Hall–Kier alpha value is -2.70.